The lowest BCUT2D eigenvalue weighted by Crippen LogP contribution is -2.36. The van der Waals surface area contributed by atoms with Gasteiger partial charge in [-0.15, -0.1) is 0 Å². The minimum Gasteiger partial charge on any atom is -0.478 e. The number of amides is 3. The molecule has 2 heterocycles. The van der Waals surface area contributed by atoms with Crippen LogP contribution >= 0.6 is 23.4 Å². The second-order valence-electron chi connectivity index (χ2n) is 7.33. The highest BCUT2D eigenvalue weighted by molar-refractivity contribution is 8.18. The van der Waals surface area contributed by atoms with Crippen molar-refractivity contribution < 1.29 is 28.7 Å². The minimum atomic E-state index is -1.10. The number of carbonyl (C=O) groups is 4. The number of nitrogens with one attached hydrogen (secondary N) is 1. The Balaban J connectivity index is 1.49. The van der Waals surface area contributed by atoms with E-state index < -0.39 is 29.6 Å². The van der Waals surface area contributed by atoms with Crippen molar-refractivity contribution in [3.8, 4) is 11.3 Å². The molecule has 0 atom stereocenters. The molecule has 34 heavy (non-hydrogen) atoms. The maximum absolute atomic E-state index is 12.7. The summed E-state index contributed by atoms with van der Waals surface area (Å²) in [5.74, 6) is -1.70. The third kappa shape index (κ3) is 4.90. The second kappa shape index (κ2) is 9.58. The van der Waals surface area contributed by atoms with Gasteiger partial charge in [-0.2, -0.15) is 0 Å². The number of halogens is 1. The largest absolute Gasteiger partial charge is 0.478 e. The highest BCUT2D eigenvalue weighted by Crippen LogP contribution is 2.34. The zero-order valence-electron chi connectivity index (χ0n) is 17.7. The molecular weight excluding hydrogens is 480 g/mol. The van der Waals surface area contributed by atoms with E-state index in [9.17, 15) is 24.3 Å². The van der Waals surface area contributed by atoms with Gasteiger partial charge in [-0.1, -0.05) is 35.9 Å². The van der Waals surface area contributed by atoms with Crippen molar-refractivity contribution >= 4 is 58.1 Å². The number of hydrogen-bond acceptors (Lipinski definition) is 6. The van der Waals surface area contributed by atoms with Gasteiger partial charge >= 0.3 is 5.97 Å². The molecule has 172 valence electrons. The van der Waals surface area contributed by atoms with Gasteiger partial charge in [0.05, 0.1) is 10.5 Å². The van der Waals surface area contributed by atoms with Crippen molar-refractivity contribution in [2.75, 3.05) is 11.9 Å². The number of aromatic carboxylic acids is 1. The van der Waals surface area contributed by atoms with Gasteiger partial charge in [0.25, 0.3) is 11.1 Å². The molecule has 0 radical (unpaired) electrons. The number of carbonyl (C=O) groups excluding carboxylic acids is 3. The SMILES string of the molecule is Cc1ccc(Cl)cc1NC(=O)CN1C(=O)S/C(=C\c2ccc(-c3ccccc3C(=O)O)o2)C1=O. The van der Waals surface area contributed by atoms with Crippen LogP contribution in [0.3, 0.4) is 0 Å². The van der Waals surface area contributed by atoms with Crippen LogP contribution in [0.5, 0.6) is 0 Å². The topological polar surface area (TPSA) is 117 Å². The van der Waals surface area contributed by atoms with Gasteiger partial charge < -0.3 is 14.8 Å². The number of aryl methyl sites for hydroxylation is 1. The number of rotatable bonds is 6. The first-order valence-corrected chi connectivity index (χ1v) is 11.2. The molecule has 0 unspecified atom stereocenters. The van der Waals surface area contributed by atoms with E-state index in [1.54, 1.807) is 55.5 Å². The monoisotopic (exact) mass is 496 g/mol. The molecule has 1 aliphatic heterocycles. The molecule has 1 aromatic heterocycles. The Morgan fingerprint density at radius 1 is 1.15 bits per heavy atom. The summed E-state index contributed by atoms with van der Waals surface area (Å²) in [5.41, 5.74) is 1.73. The number of carboxylic acid groups (broad SMARTS) is 1. The van der Waals surface area contributed by atoms with Crippen molar-refractivity contribution in [3.05, 3.63) is 81.4 Å². The van der Waals surface area contributed by atoms with E-state index in [1.807, 2.05) is 0 Å². The summed E-state index contributed by atoms with van der Waals surface area (Å²) in [4.78, 5) is 49.9. The van der Waals surface area contributed by atoms with E-state index in [-0.39, 0.29) is 16.2 Å². The first-order chi connectivity index (χ1) is 16.2. The summed E-state index contributed by atoms with van der Waals surface area (Å²) >= 11 is 6.65. The Hall–Kier alpha value is -3.82. The second-order valence-corrected chi connectivity index (χ2v) is 8.76. The summed E-state index contributed by atoms with van der Waals surface area (Å²) in [7, 11) is 0. The summed E-state index contributed by atoms with van der Waals surface area (Å²) in [6.45, 7) is 1.34. The summed E-state index contributed by atoms with van der Waals surface area (Å²) in [6, 6.07) is 14.5. The summed E-state index contributed by atoms with van der Waals surface area (Å²) in [5, 5.41) is 11.9. The smallest absolute Gasteiger partial charge is 0.336 e. The Morgan fingerprint density at radius 2 is 1.91 bits per heavy atom. The van der Waals surface area contributed by atoms with Gasteiger partial charge in [-0.3, -0.25) is 19.3 Å². The van der Waals surface area contributed by atoms with Gasteiger partial charge in [0, 0.05) is 22.3 Å². The summed E-state index contributed by atoms with van der Waals surface area (Å²) < 4.78 is 5.70. The predicted molar refractivity (Wildman–Crippen MR) is 129 cm³/mol. The molecule has 2 aromatic carbocycles. The highest BCUT2D eigenvalue weighted by atomic mass is 35.5. The van der Waals surface area contributed by atoms with Crippen LogP contribution in [0.15, 0.2) is 63.9 Å². The Bertz CT molecular complexity index is 1360. The molecular formula is C24H17ClN2O6S. The molecule has 0 aliphatic carbocycles. The van der Waals surface area contributed by atoms with E-state index in [4.69, 9.17) is 16.0 Å². The highest BCUT2D eigenvalue weighted by Gasteiger charge is 2.36. The lowest BCUT2D eigenvalue weighted by atomic mass is 10.1. The number of anilines is 1. The molecule has 0 saturated carbocycles. The zero-order chi connectivity index (χ0) is 24.4. The number of benzene rings is 2. The van der Waals surface area contributed by atoms with E-state index in [2.05, 4.69) is 5.32 Å². The number of hydrogen-bond donors (Lipinski definition) is 2. The van der Waals surface area contributed by atoms with E-state index in [1.165, 1.54) is 12.1 Å². The van der Waals surface area contributed by atoms with Gasteiger partial charge in [-0.05, 0) is 54.6 Å². The maximum atomic E-state index is 12.7. The Kier molecular flexibility index (Phi) is 6.58. The lowest BCUT2D eigenvalue weighted by Gasteiger charge is -2.13. The maximum Gasteiger partial charge on any atom is 0.336 e. The van der Waals surface area contributed by atoms with Crippen LogP contribution in [-0.4, -0.2) is 39.6 Å². The van der Waals surface area contributed by atoms with Crippen molar-refractivity contribution in [2.24, 2.45) is 0 Å². The molecule has 1 saturated heterocycles. The molecule has 4 rings (SSSR count). The fraction of sp³-hybridized carbons (Fsp3) is 0.0833. The van der Waals surface area contributed by atoms with Crippen LogP contribution in [0, 0.1) is 6.92 Å². The minimum absolute atomic E-state index is 0.0738. The van der Waals surface area contributed by atoms with Crippen LogP contribution in [0.2, 0.25) is 5.02 Å². The zero-order valence-corrected chi connectivity index (χ0v) is 19.3. The molecule has 0 bridgehead atoms. The van der Waals surface area contributed by atoms with Crippen LogP contribution in [-0.2, 0) is 9.59 Å². The van der Waals surface area contributed by atoms with Crippen LogP contribution in [0.1, 0.15) is 21.7 Å². The van der Waals surface area contributed by atoms with Crippen molar-refractivity contribution in [1.82, 2.24) is 4.90 Å². The first kappa shape index (κ1) is 23.3. The fourth-order valence-electron chi connectivity index (χ4n) is 3.29. The third-order valence-electron chi connectivity index (χ3n) is 4.97. The van der Waals surface area contributed by atoms with Gasteiger partial charge in [-0.25, -0.2) is 4.79 Å². The first-order valence-electron chi connectivity index (χ1n) is 9.97. The lowest BCUT2D eigenvalue weighted by molar-refractivity contribution is -0.127. The van der Waals surface area contributed by atoms with Crippen LogP contribution in [0.25, 0.3) is 17.4 Å². The average molecular weight is 497 g/mol. The van der Waals surface area contributed by atoms with E-state index in [0.29, 0.717) is 33.8 Å². The van der Waals surface area contributed by atoms with Gasteiger partial charge in [0.15, 0.2) is 0 Å². The molecule has 2 N–H and O–H groups in total. The molecule has 1 fully saturated rings. The Labute approximate surface area is 203 Å². The van der Waals surface area contributed by atoms with Crippen molar-refractivity contribution in [3.63, 3.8) is 0 Å². The molecule has 10 heteroatoms. The summed E-state index contributed by atoms with van der Waals surface area (Å²) in [6.07, 6.45) is 1.39. The van der Waals surface area contributed by atoms with Crippen LogP contribution in [0.4, 0.5) is 10.5 Å². The number of imide groups is 1. The van der Waals surface area contributed by atoms with E-state index in [0.717, 1.165) is 10.5 Å². The fourth-order valence-corrected chi connectivity index (χ4v) is 4.28. The number of furan rings is 1. The van der Waals surface area contributed by atoms with Crippen LogP contribution < -0.4 is 5.32 Å². The molecule has 3 aromatic rings. The average Bonchev–Trinajstić information content (AvgIpc) is 3.36. The quantitative estimate of drug-likeness (QED) is 0.446. The number of thioether (sulfide) groups is 1. The Morgan fingerprint density at radius 3 is 2.68 bits per heavy atom. The predicted octanol–water partition coefficient (Wildman–Crippen LogP) is 5.28. The number of nitrogens with zero attached hydrogens (tertiary/aromatic N) is 1. The number of carboxylic acids is 1. The van der Waals surface area contributed by atoms with Crippen molar-refractivity contribution in [1.29, 1.82) is 0 Å². The molecule has 3 amide bonds. The van der Waals surface area contributed by atoms with Crippen molar-refractivity contribution in [2.45, 2.75) is 6.92 Å². The standard InChI is InChI=1S/C24H17ClN2O6S/c1-13-6-7-14(25)10-18(13)26-21(28)12-27-22(29)20(34-24(27)32)11-15-8-9-19(33-15)16-4-2-3-5-17(16)23(30)31/h2-11H,12H2,1H3,(H,26,28)(H,30,31)/b20-11-. The third-order valence-corrected chi connectivity index (χ3v) is 6.11. The van der Waals surface area contributed by atoms with Gasteiger partial charge in [0.2, 0.25) is 5.91 Å². The molecule has 1 aliphatic rings. The molecule has 8 nitrogen and oxygen atoms in total. The van der Waals surface area contributed by atoms with E-state index >= 15 is 0 Å². The van der Waals surface area contributed by atoms with Gasteiger partial charge in [0.1, 0.15) is 18.1 Å². The molecule has 0 spiro atoms. The normalized spacial score (nSPS) is 14.6.